The Morgan fingerprint density at radius 2 is 2.18 bits per heavy atom. The van der Waals surface area contributed by atoms with Gasteiger partial charge < -0.3 is 10.5 Å². The summed E-state index contributed by atoms with van der Waals surface area (Å²) in [5, 5.41) is 0. The topological polar surface area (TPSA) is 52.3 Å². The van der Waals surface area contributed by atoms with E-state index in [2.05, 4.69) is 11.7 Å². The van der Waals surface area contributed by atoms with Gasteiger partial charge >= 0.3 is 0 Å². The van der Waals surface area contributed by atoms with Crippen molar-refractivity contribution < 1.29 is 9.53 Å². The van der Waals surface area contributed by atoms with Crippen molar-refractivity contribution in [1.82, 2.24) is 0 Å². The van der Waals surface area contributed by atoms with Crippen LogP contribution >= 0.6 is 0 Å². The molecule has 0 amide bonds. The van der Waals surface area contributed by atoms with Gasteiger partial charge in [0, 0.05) is 6.04 Å². The number of nitrogens with two attached hydrogens (primary N) is 1. The molecule has 0 aromatic heterocycles. The second kappa shape index (κ2) is 6.16. The molecular formula is C8H17NO2. The molecular weight excluding hydrogens is 142 g/mol. The average Bonchev–Trinajstić information content (AvgIpc) is 1.88. The highest BCUT2D eigenvalue weighted by atomic mass is 16.5. The van der Waals surface area contributed by atoms with Crippen LogP contribution in [0.5, 0.6) is 0 Å². The molecule has 1 fully saturated rings. The van der Waals surface area contributed by atoms with Gasteiger partial charge in [-0.2, -0.15) is 0 Å². The lowest BCUT2D eigenvalue weighted by Crippen LogP contribution is -2.34. The van der Waals surface area contributed by atoms with Crippen LogP contribution in [0.15, 0.2) is 0 Å². The molecule has 0 heterocycles. The number of carbonyl (C=O) groups is 1. The van der Waals surface area contributed by atoms with Gasteiger partial charge in [0.2, 0.25) is 0 Å². The Morgan fingerprint density at radius 3 is 2.18 bits per heavy atom. The molecule has 1 aliphatic carbocycles. The summed E-state index contributed by atoms with van der Waals surface area (Å²) in [6.07, 6.45) is 2.50. The molecule has 0 saturated heterocycles. The highest BCUT2D eigenvalue weighted by Gasteiger charge is 2.20. The molecule has 0 unspecified atom stereocenters. The number of ether oxygens (including phenoxy) is 1. The Balaban J connectivity index is 0.000000187. The van der Waals surface area contributed by atoms with E-state index in [4.69, 9.17) is 5.73 Å². The summed E-state index contributed by atoms with van der Waals surface area (Å²) in [5.74, 6) is 0.917. The summed E-state index contributed by atoms with van der Waals surface area (Å²) >= 11 is 0. The first kappa shape index (κ1) is 10.4. The van der Waals surface area contributed by atoms with Crippen molar-refractivity contribution in [2.75, 3.05) is 6.61 Å². The minimum Gasteiger partial charge on any atom is -0.468 e. The fraction of sp³-hybridized carbons (Fsp3) is 0.875. The summed E-state index contributed by atoms with van der Waals surface area (Å²) < 4.78 is 4.15. The van der Waals surface area contributed by atoms with Gasteiger partial charge in [-0.05, 0) is 25.7 Å². The van der Waals surface area contributed by atoms with Crippen molar-refractivity contribution in [2.24, 2.45) is 11.7 Å². The van der Waals surface area contributed by atoms with E-state index in [9.17, 15) is 4.79 Å². The lowest BCUT2D eigenvalue weighted by molar-refractivity contribution is -0.128. The zero-order valence-electron chi connectivity index (χ0n) is 7.25. The average molecular weight is 159 g/mol. The van der Waals surface area contributed by atoms with Gasteiger partial charge in [-0.15, -0.1) is 0 Å². The third kappa shape index (κ3) is 5.85. The van der Waals surface area contributed by atoms with Crippen LogP contribution in [-0.4, -0.2) is 19.1 Å². The van der Waals surface area contributed by atoms with E-state index in [1.54, 1.807) is 6.92 Å². The maximum atomic E-state index is 9.18. The quantitative estimate of drug-likeness (QED) is 0.610. The number of hydrogen-bond donors (Lipinski definition) is 1. The minimum atomic E-state index is 0.431. The molecule has 1 saturated carbocycles. The summed E-state index contributed by atoms with van der Waals surface area (Å²) in [7, 11) is 0. The molecule has 11 heavy (non-hydrogen) atoms. The number of hydrogen-bond acceptors (Lipinski definition) is 3. The third-order valence-corrected chi connectivity index (χ3v) is 1.64. The molecule has 0 aliphatic heterocycles. The molecule has 3 nitrogen and oxygen atoms in total. The van der Waals surface area contributed by atoms with Crippen molar-refractivity contribution in [3.63, 3.8) is 0 Å². The van der Waals surface area contributed by atoms with E-state index in [-0.39, 0.29) is 0 Å². The fourth-order valence-corrected chi connectivity index (χ4v) is 1.03. The van der Waals surface area contributed by atoms with Gasteiger partial charge in [0.1, 0.15) is 0 Å². The van der Waals surface area contributed by atoms with Crippen molar-refractivity contribution >= 4 is 6.47 Å². The Labute approximate surface area is 67.9 Å². The molecule has 0 atom stereocenters. The van der Waals surface area contributed by atoms with Crippen LogP contribution in [0.2, 0.25) is 0 Å². The largest absolute Gasteiger partial charge is 0.468 e. The molecule has 1 rings (SSSR count). The monoisotopic (exact) mass is 159 g/mol. The standard InChI is InChI=1S/C5H11N.C3H6O2/c1-4-2-5(6)3-4;1-2-5-3-4/h4-5H,2-3,6H2,1H3;3H,2H2,1H3. The van der Waals surface area contributed by atoms with E-state index in [1.165, 1.54) is 12.8 Å². The summed E-state index contributed by atoms with van der Waals surface area (Å²) in [4.78, 5) is 9.18. The molecule has 1 aliphatic rings. The van der Waals surface area contributed by atoms with E-state index in [0.29, 0.717) is 19.1 Å². The highest BCUT2D eigenvalue weighted by Crippen LogP contribution is 2.23. The third-order valence-electron chi connectivity index (χ3n) is 1.64. The van der Waals surface area contributed by atoms with E-state index < -0.39 is 0 Å². The summed E-state index contributed by atoms with van der Waals surface area (Å²) in [5.41, 5.74) is 5.47. The normalized spacial score (nSPS) is 27.5. The van der Waals surface area contributed by atoms with E-state index in [1.807, 2.05) is 0 Å². The predicted octanol–water partition coefficient (Wildman–Crippen LogP) is 0.923. The van der Waals surface area contributed by atoms with Crippen LogP contribution in [0.3, 0.4) is 0 Å². The van der Waals surface area contributed by atoms with Crippen molar-refractivity contribution in [3.8, 4) is 0 Å². The van der Waals surface area contributed by atoms with Crippen LogP contribution in [0.4, 0.5) is 0 Å². The Morgan fingerprint density at radius 1 is 1.64 bits per heavy atom. The van der Waals surface area contributed by atoms with Crippen LogP contribution in [0.25, 0.3) is 0 Å². The predicted molar refractivity (Wildman–Crippen MR) is 44.1 cm³/mol. The molecule has 2 N–H and O–H groups in total. The Bertz CT molecular complexity index is 94.3. The molecule has 66 valence electrons. The maximum Gasteiger partial charge on any atom is 0.293 e. The zero-order chi connectivity index (χ0) is 8.69. The van der Waals surface area contributed by atoms with Gasteiger partial charge in [0.25, 0.3) is 6.47 Å². The fourth-order valence-electron chi connectivity index (χ4n) is 1.03. The first-order chi connectivity index (χ1) is 5.20. The summed E-state index contributed by atoms with van der Waals surface area (Å²) in [6.45, 7) is 4.90. The van der Waals surface area contributed by atoms with Crippen molar-refractivity contribution in [3.05, 3.63) is 0 Å². The van der Waals surface area contributed by atoms with Crippen molar-refractivity contribution in [2.45, 2.75) is 32.7 Å². The maximum absolute atomic E-state index is 9.18. The summed E-state index contributed by atoms with van der Waals surface area (Å²) in [6, 6.07) is 0.542. The zero-order valence-corrected chi connectivity index (χ0v) is 7.25. The Hall–Kier alpha value is -0.570. The molecule has 0 radical (unpaired) electrons. The van der Waals surface area contributed by atoms with Crippen LogP contribution < -0.4 is 5.73 Å². The van der Waals surface area contributed by atoms with E-state index in [0.717, 1.165) is 5.92 Å². The number of carbonyl (C=O) groups excluding carboxylic acids is 1. The van der Waals surface area contributed by atoms with Crippen LogP contribution in [-0.2, 0) is 9.53 Å². The van der Waals surface area contributed by atoms with Crippen LogP contribution in [0, 0.1) is 5.92 Å². The van der Waals surface area contributed by atoms with Crippen molar-refractivity contribution in [1.29, 1.82) is 0 Å². The van der Waals surface area contributed by atoms with Crippen LogP contribution in [0.1, 0.15) is 26.7 Å². The molecule has 0 aromatic carbocycles. The molecule has 3 heteroatoms. The Kier molecular flexibility index (Phi) is 5.84. The van der Waals surface area contributed by atoms with Gasteiger partial charge in [-0.1, -0.05) is 6.92 Å². The van der Waals surface area contributed by atoms with Gasteiger partial charge in [0.15, 0.2) is 0 Å². The number of rotatable bonds is 2. The first-order valence-corrected chi connectivity index (χ1v) is 4.01. The first-order valence-electron chi connectivity index (χ1n) is 4.01. The highest BCUT2D eigenvalue weighted by molar-refractivity contribution is 5.36. The molecule has 0 aromatic rings. The van der Waals surface area contributed by atoms with Gasteiger partial charge in [0.05, 0.1) is 6.61 Å². The van der Waals surface area contributed by atoms with Gasteiger partial charge in [-0.3, -0.25) is 4.79 Å². The van der Waals surface area contributed by atoms with E-state index >= 15 is 0 Å². The lowest BCUT2D eigenvalue weighted by Gasteiger charge is -2.28. The smallest absolute Gasteiger partial charge is 0.293 e. The second-order valence-corrected chi connectivity index (χ2v) is 2.89. The molecule has 0 bridgehead atoms. The van der Waals surface area contributed by atoms with Gasteiger partial charge in [-0.25, -0.2) is 0 Å². The second-order valence-electron chi connectivity index (χ2n) is 2.89. The minimum absolute atomic E-state index is 0.431. The SMILES string of the molecule is CC1CC(N)C1.CCOC=O. The molecule has 0 spiro atoms. The lowest BCUT2D eigenvalue weighted by atomic mass is 9.83.